The molecule has 1 aromatic rings. The van der Waals surface area contributed by atoms with Crippen LogP contribution < -0.4 is 10.2 Å². The lowest BCUT2D eigenvalue weighted by Gasteiger charge is -2.23. The minimum Gasteiger partial charge on any atom is -0.368 e. The zero-order valence-corrected chi connectivity index (χ0v) is 11.8. The van der Waals surface area contributed by atoms with Crippen LogP contribution in [0.5, 0.6) is 0 Å². The maximum absolute atomic E-state index is 11.4. The maximum Gasteiger partial charge on any atom is 0.221 e. The summed E-state index contributed by atoms with van der Waals surface area (Å²) in [5.74, 6) is 1.03. The van der Waals surface area contributed by atoms with Gasteiger partial charge < -0.3 is 10.2 Å². The van der Waals surface area contributed by atoms with Crippen LogP contribution >= 0.6 is 11.8 Å². The Morgan fingerprint density at radius 2 is 2.32 bits per heavy atom. The molecule has 0 saturated carbocycles. The minimum absolute atomic E-state index is 0.0834. The quantitative estimate of drug-likeness (QED) is 0.857. The number of hydrogen-bond donors (Lipinski definition) is 1. The van der Waals surface area contributed by atoms with Crippen LogP contribution in [0.3, 0.4) is 0 Å². The van der Waals surface area contributed by atoms with Crippen molar-refractivity contribution in [3.63, 3.8) is 0 Å². The third-order valence-electron chi connectivity index (χ3n) is 3.07. The molecule has 5 heteroatoms. The third kappa shape index (κ3) is 3.21. The molecule has 0 atom stereocenters. The Morgan fingerprint density at radius 3 is 3.05 bits per heavy atom. The average Bonchev–Trinajstić information content (AvgIpc) is 2.64. The molecule has 0 unspecified atom stereocenters. The Balaban J connectivity index is 2.30. The molecule has 0 radical (unpaired) electrons. The fourth-order valence-corrected chi connectivity index (χ4v) is 2.96. The molecule has 1 saturated heterocycles. The van der Waals surface area contributed by atoms with Gasteiger partial charge in [0.2, 0.25) is 5.91 Å². The lowest BCUT2D eigenvalue weighted by molar-refractivity contribution is -0.120. The molecule has 1 aliphatic rings. The van der Waals surface area contributed by atoms with Gasteiger partial charge in [0.1, 0.15) is 6.07 Å². The summed E-state index contributed by atoms with van der Waals surface area (Å²) in [7, 11) is 0. The maximum atomic E-state index is 11.4. The molecule has 1 fully saturated rings. The van der Waals surface area contributed by atoms with Crippen molar-refractivity contribution < 1.29 is 4.79 Å². The van der Waals surface area contributed by atoms with Gasteiger partial charge in [-0.1, -0.05) is 13.0 Å². The molecule has 0 aromatic heterocycles. The topological polar surface area (TPSA) is 56.1 Å². The fraction of sp³-hybridized carbons (Fsp3) is 0.429. The number of hydrogen-bond acceptors (Lipinski definition) is 4. The summed E-state index contributed by atoms with van der Waals surface area (Å²) < 4.78 is 0. The smallest absolute Gasteiger partial charge is 0.221 e. The van der Waals surface area contributed by atoms with Gasteiger partial charge in [-0.15, -0.1) is 11.8 Å². The normalized spacial score (nSPS) is 15.6. The highest BCUT2D eigenvalue weighted by Gasteiger charge is 2.18. The van der Waals surface area contributed by atoms with Crippen LogP contribution in [0.2, 0.25) is 0 Å². The van der Waals surface area contributed by atoms with Crippen LogP contribution in [0.15, 0.2) is 23.1 Å². The summed E-state index contributed by atoms with van der Waals surface area (Å²) in [6.45, 7) is 4.13. The summed E-state index contributed by atoms with van der Waals surface area (Å²) in [5, 5.41) is 12.3. The van der Waals surface area contributed by atoms with Crippen LogP contribution in [0, 0.1) is 11.3 Å². The van der Waals surface area contributed by atoms with E-state index in [1.54, 1.807) is 11.8 Å². The lowest BCUT2D eigenvalue weighted by atomic mass is 10.1. The van der Waals surface area contributed by atoms with Crippen molar-refractivity contribution in [1.82, 2.24) is 5.32 Å². The molecule has 4 nitrogen and oxygen atoms in total. The van der Waals surface area contributed by atoms with Crippen molar-refractivity contribution in [1.29, 1.82) is 5.26 Å². The summed E-state index contributed by atoms with van der Waals surface area (Å²) in [5.41, 5.74) is 1.67. The Kier molecular flexibility index (Phi) is 4.69. The summed E-state index contributed by atoms with van der Waals surface area (Å²) >= 11 is 1.68. The van der Waals surface area contributed by atoms with Crippen LogP contribution in [0.4, 0.5) is 5.69 Å². The second kappa shape index (κ2) is 6.48. The Bertz CT molecular complexity index is 510. The number of anilines is 1. The van der Waals surface area contributed by atoms with E-state index in [0.29, 0.717) is 19.5 Å². The van der Waals surface area contributed by atoms with E-state index >= 15 is 0 Å². The van der Waals surface area contributed by atoms with Gasteiger partial charge in [-0.2, -0.15) is 5.26 Å². The highest BCUT2D eigenvalue weighted by Crippen LogP contribution is 2.30. The first-order chi connectivity index (χ1) is 9.26. The van der Waals surface area contributed by atoms with Gasteiger partial charge in [0.05, 0.1) is 11.3 Å². The molecule has 1 N–H and O–H groups in total. The number of carbonyl (C=O) groups is 1. The van der Waals surface area contributed by atoms with Crippen LogP contribution in [0.25, 0.3) is 0 Å². The van der Waals surface area contributed by atoms with Crippen molar-refractivity contribution in [3.05, 3.63) is 23.8 Å². The van der Waals surface area contributed by atoms with Crippen molar-refractivity contribution in [2.45, 2.75) is 18.2 Å². The van der Waals surface area contributed by atoms with E-state index in [9.17, 15) is 10.1 Å². The largest absolute Gasteiger partial charge is 0.368 e. The number of carbonyl (C=O) groups excluding carboxylic acids is 1. The molecule has 1 aliphatic heterocycles. The summed E-state index contributed by atoms with van der Waals surface area (Å²) in [6, 6.07) is 8.24. The van der Waals surface area contributed by atoms with Crippen LogP contribution in [-0.2, 0) is 4.79 Å². The first-order valence-corrected chi connectivity index (χ1v) is 7.42. The number of nitriles is 1. The Labute approximate surface area is 117 Å². The van der Waals surface area contributed by atoms with Gasteiger partial charge in [0.25, 0.3) is 0 Å². The fourth-order valence-electron chi connectivity index (χ4n) is 2.18. The Morgan fingerprint density at radius 1 is 1.47 bits per heavy atom. The van der Waals surface area contributed by atoms with E-state index in [4.69, 9.17) is 0 Å². The molecular weight excluding hydrogens is 258 g/mol. The van der Waals surface area contributed by atoms with Gasteiger partial charge in [0.15, 0.2) is 0 Å². The standard InChI is InChI=1S/C14H17N3OS/c1-2-19-13-5-3-4-12(11(13)10-15)17-8-6-14(18)16-7-9-17/h3-5H,2,6-9H2,1H3,(H,16,18). The van der Waals surface area contributed by atoms with Crippen molar-refractivity contribution in [2.75, 3.05) is 30.3 Å². The van der Waals surface area contributed by atoms with Crippen molar-refractivity contribution in [3.8, 4) is 6.07 Å². The van der Waals surface area contributed by atoms with E-state index in [1.807, 2.05) is 18.2 Å². The van der Waals surface area contributed by atoms with Gasteiger partial charge in [0, 0.05) is 31.0 Å². The Hall–Kier alpha value is -1.67. The summed E-state index contributed by atoms with van der Waals surface area (Å²) in [4.78, 5) is 14.5. The van der Waals surface area contributed by atoms with E-state index < -0.39 is 0 Å². The van der Waals surface area contributed by atoms with Gasteiger partial charge in [-0.3, -0.25) is 4.79 Å². The highest BCUT2D eigenvalue weighted by atomic mass is 32.2. The first-order valence-electron chi connectivity index (χ1n) is 6.43. The monoisotopic (exact) mass is 275 g/mol. The molecule has 100 valence electrons. The van der Waals surface area contributed by atoms with Crippen molar-refractivity contribution in [2.24, 2.45) is 0 Å². The molecule has 1 aromatic carbocycles. The SMILES string of the molecule is CCSc1cccc(N2CCNC(=O)CC2)c1C#N. The lowest BCUT2D eigenvalue weighted by Crippen LogP contribution is -2.29. The number of benzene rings is 1. The average molecular weight is 275 g/mol. The zero-order valence-electron chi connectivity index (χ0n) is 11.0. The molecule has 0 aliphatic carbocycles. The summed E-state index contributed by atoms with van der Waals surface area (Å²) in [6.07, 6.45) is 0.482. The zero-order chi connectivity index (χ0) is 13.7. The van der Waals surface area contributed by atoms with Crippen LogP contribution in [-0.4, -0.2) is 31.3 Å². The predicted molar refractivity (Wildman–Crippen MR) is 77.4 cm³/mol. The van der Waals surface area contributed by atoms with E-state index in [2.05, 4.69) is 23.2 Å². The van der Waals surface area contributed by atoms with E-state index in [1.165, 1.54) is 0 Å². The van der Waals surface area contributed by atoms with E-state index in [-0.39, 0.29) is 5.91 Å². The molecule has 19 heavy (non-hydrogen) atoms. The molecule has 1 heterocycles. The minimum atomic E-state index is 0.0834. The van der Waals surface area contributed by atoms with Crippen LogP contribution in [0.1, 0.15) is 18.9 Å². The molecule has 1 amide bonds. The number of nitrogens with one attached hydrogen (secondary N) is 1. The van der Waals surface area contributed by atoms with Gasteiger partial charge >= 0.3 is 0 Å². The van der Waals surface area contributed by atoms with Gasteiger partial charge in [-0.05, 0) is 17.9 Å². The molecule has 0 spiro atoms. The first kappa shape index (κ1) is 13.8. The number of amides is 1. The predicted octanol–water partition coefficient (Wildman–Crippen LogP) is 2.00. The molecule has 0 bridgehead atoms. The number of thioether (sulfide) groups is 1. The molecule has 2 rings (SSSR count). The second-order valence-electron chi connectivity index (χ2n) is 4.28. The third-order valence-corrected chi connectivity index (χ3v) is 4.01. The second-order valence-corrected chi connectivity index (χ2v) is 5.59. The number of rotatable bonds is 3. The highest BCUT2D eigenvalue weighted by molar-refractivity contribution is 7.99. The number of nitrogens with zero attached hydrogens (tertiary/aromatic N) is 2. The van der Waals surface area contributed by atoms with E-state index in [0.717, 1.165) is 28.4 Å². The van der Waals surface area contributed by atoms with Gasteiger partial charge in [-0.25, -0.2) is 0 Å². The van der Waals surface area contributed by atoms with Crippen molar-refractivity contribution >= 4 is 23.4 Å². The molecular formula is C14H17N3OS.